The first-order valence-electron chi connectivity index (χ1n) is 6.54. The molecule has 0 aromatic carbocycles. The monoisotopic (exact) mass is 323 g/mol. The van der Waals surface area contributed by atoms with Gasteiger partial charge in [0, 0.05) is 18.6 Å². The van der Waals surface area contributed by atoms with Gasteiger partial charge in [0.1, 0.15) is 5.60 Å². The maximum absolute atomic E-state index is 11.8. The van der Waals surface area contributed by atoms with Gasteiger partial charge in [0.2, 0.25) is 0 Å². The molecule has 0 saturated carbocycles. The van der Waals surface area contributed by atoms with Crippen molar-refractivity contribution in [1.29, 1.82) is 0 Å². The zero-order valence-electron chi connectivity index (χ0n) is 12.3. The quantitative estimate of drug-likeness (QED) is 0.323. The van der Waals surface area contributed by atoms with E-state index in [4.69, 9.17) is 15.2 Å². The van der Waals surface area contributed by atoms with E-state index in [0.29, 0.717) is 24.3 Å². The Bertz CT molecular complexity index is 332. The summed E-state index contributed by atoms with van der Waals surface area (Å²) in [7, 11) is 0. The summed E-state index contributed by atoms with van der Waals surface area (Å²) in [6.45, 7) is 5.25. The predicted molar refractivity (Wildman–Crippen MR) is 85.3 cm³/mol. The molecule has 0 heterocycles. The zero-order valence-corrected chi connectivity index (χ0v) is 14.1. The van der Waals surface area contributed by atoms with Crippen LogP contribution < -0.4 is 5.73 Å². The highest BCUT2D eigenvalue weighted by atomic mass is 32.1. The number of esters is 1. The fraction of sp³-hybridized carbons (Fsp3) is 0.846. The average molecular weight is 323 g/mol. The van der Waals surface area contributed by atoms with Crippen LogP contribution in [0.5, 0.6) is 0 Å². The molecule has 0 fully saturated rings. The second-order valence-corrected chi connectivity index (χ2v) is 6.16. The third kappa shape index (κ3) is 8.14. The number of carbonyl (C=O) groups excluding carboxylic acids is 2. The molecule has 0 aliphatic carbocycles. The predicted octanol–water partition coefficient (Wildman–Crippen LogP) is 1.60. The molecular weight excluding hydrogens is 298 g/mol. The first kappa shape index (κ1) is 19.8. The van der Waals surface area contributed by atoms with Crippen LogP contribution >= 0.6 is 25.3 Å². The van der Waals surface area contributed by atoms with Crippen molar-refractivity contribution in [1.82, 2.24) is 0 Å². The van der Waals surface area contributed by atoms with Gasteiger partial charge in [0.05, 0.1) is 13.0 Å². The van der Waals surface area contributed by atoms with E-state index in [1.807, 2.05) is 0 Å². The van der Waals surface area contributed by atoms with Gasteiger partial charge in [-0.05, 0) is 26.5 Å². The van der Waals surface area contributed by atoms with Gasteiger partial charge in [-0.25, -0.2) is 0 Å². The minimum atomic E-state index is -1.11. The molecule has 0 aliphatic heterocycles. The van der Waals surface area contributed by atoms with Crippen molar-refractivity contribution in [3.05, 3.63) is 0 Å². The van der Waals surface area contributed by atoms with Crippen molar-refractivity contribution in [2.24, 2.45) is 5.73 Å². The molecule has 7 heteroatoms. The summed E-state index contributed by atoms with van der Waals surface area (Å²) in [5.74, 6) is 0.492. The van der Waals surface area contributed by atoms with Crippen molar-refractivity contribution in [2.45, 2.75) is 51.4 Å². The Labute approximate surface area is 131 Å². The number of rotatable bonds is 10. The van der Waals surface area contributed by atoms with Crippen molar-refractivity contribution in [2.75, 3.05) is 18.1 Å². The third-order valence-electron chi connectivity index (χ3n) is 2.73. The smallest absolute Gasteiger partial charge is 0.308 e. The maximum Gasteiger partial charge on any atom is 0.308 e. The van der Waals surface area contributed by atoms with E-state index in [0.717, 1.165) is 0 Å². The Balaban J connectivity index is 4.20. The summed E-state index contributed by atoms with van der Waals surface area (Å²) in [4.78, 5) is 23.1. The Kier molecular flexibility index (Phi) is 8.81. The molecule has 20 heavy (non-hydrogen) atoms. The lowest BCUT2D eigenvalue weighted by molar-refractivity contribution is -0.161. The largest absolute Gasteiger partial charge is 0.444 e. The third-order valence-corrected chi connectivity index (χ3v) is 3.18. The van der Waals surface area contributed by atoms with Gasteiger partial charge in [0.15, 0.2) is 11.5 Å². The number of hydrogen-bond donors (Lipinski definition) is 3. The van der Waals surface area contributed by atoms with Crippen LogP contribution in [0, 0.1) is 0 Å². The SMILES string of the molecule is CC(N)(CCOC(C)(C)C(=O)CCS)OC(=O)CCS. The number of ether oxygens (including phenoxy) is 2. The van der Waals surface area contributed by atoms with Crippen LogP contribution in [-0.4, -0.2) is 41.2 Å². The van der Waals surface area contributed by atoms with Crippen molar-refractivity contribution in [3.63, 3.8) is 0 Å². The van der Waals surface area contributed by atoms with E-state index < -0.39 is 17.3 Å². The molecule has 0 bridgehead atoms. The van der Waals surface area contributed by atoms with Gasteiger partial charge >= 0.3 is 5.97 Å². The van der Waals surface area contributed by atoms with Gasteiger partial charge in [-0.1, -0.05) is 0 Å². The van der Waals surface area contributed by atoms with Crippen molar-refractivity contribution < 1.29 is 19.1 Å². The van der Waals surface area contributed by atoms with Crippen LogP contribution in [0.1, 0.15) is 40.0 Å². The summed E-state index contributed by atoms with van der Waals surface area (Å²) in [5, 5.41) is 0. The van der Waals surface area contributed by atoms with Crippen molar-refractivity contribution >= 4 is 37.0 Å². The number of carbonyl (C=O) groups is 2. The van der Waals surface area contributed by atoms with E-state index in [-0.39, 0.29) is 18.8 Å². The lowest BCUT2D eigenvalue weighted by Gasteiger charge is -2.28. The average Bonchev–Trinajstić information content (AvgIpc) is 2.27. The second-order valence-electron chi connectivity index (χ2n) is 5.27. The number of ketones is 1. The number of Topliss-reactive ketones (excluding diaryl/α,β-unsaturated/α-hetero) is 1. The van der Waals surface area contributed by atoms with Crippen LogP contribution in [-0.2, 0) is 19.1 Å². The fourth-order valence-electron chi connectivity index (χ4n) is 1.45. The molecule has 0 aromatic heterocycles. The van der Waals surface area contributed by atoms with Crippen LogP contribution in [0.25, 0.3) is 0 Å². The number of thiol groups is 2. The molecule has 118 valence electrons. The molecule has 0 radical (unpaired) electrons. The molecule has 0 aromatic rings. The normalized spacial score (nSPS) is 14.7. The van der Waals surface area contributed by atoms with E-state index in [9.17, 15) is 9.59 Å². The highest BCUT2D eigenvalue weighted by Crippen LogP contribution is 2.17. The van der Waals surface area contributed by atoms with E-state index in [1.54, 1.807) is 20.8 Å². The molecule has 0 amide bonds. The molecule has 1 unspecified atom stereocenters. The first-order valence-corrected chi connectivity index (χ1v) is 7.81. The van der Waals surface area contributed by atoms with Gasteiger partial charge in [0.25, 0.3) is 0 Å². The van der Waals surface area contributed by atoms with E-state index >= 15 is 0 Å². The molecule has 2 N–H and O–H groups in total. The van der Waals surface area contributed by atoms with Crippen LogP contribution in [0.2, 0.25) is 0 Å². The highest BCUT2D eigenvalue weighted by molar-refractivity contribution is 7.80. The summed E-state index contributed by atoms with van der Waals surface area (Å²) >= 11 is 7.98. The number of nitrogens with two attached hydrogens (primary N) is 1. The zero-order chi connectivity index (χ0) is 15.8. The highest BCUT2D eigenvalue weighted by Gasteiger charge is 2.29. The Morgan fingerprint density at radius 3 is 2.15 bits per heavy atom. The molecule has 5 nitrogen and oxygen atoms in total. The summed E-state index contributed by atoms with van der Waals surface area (Å²) < 4.78 is 10.7. The minimum Gasteiger partial charge on any atom is -0.444 e. The maximum atomic E-state index is 11.8. The van der Waals surface area contributed by atoms with Gasteiger partial charge in [-0.15, -0.1) is 0 Å². The summed E-state index contributed by atoms with van der Waals surface area (Å²) in [5.41, 5.74) is 3.88. The Morgan fingerprint density at radius 1 is 1.10 bits per heavy atom. The molecular formula is C13H25NO4S2. The van der Waals surface area contributed by atoms with Crippen LogP contribution in [0.15, 0.2) is 0 Å². The molecule has 0 saturated heterocycles. The Morgan fingerprint density at radius 2 is 1.65 bits per heavy atom. The van der Waals surface area contributed by atoms with E-state index in [2.05, 4.69) is 25.3 Å². The first-order chi connectivity index (χ1) is 9.14. The minimum absolute atomic E-state index is 0.0155. The lowest BCUT2D eigenvalue weighted by atomic mass is 10.0. The lowest BCUT2D eigenvalue weighted by Crippen LogP contribution is -2.44. The summed E-state index contributed by atoms with van der Waals surface area (Å²) in [6, 6.07) is 0. The van der Waals surface area contributed by atoms with Gasteiger partial charge < -0.3 is 9.47 Å². The topological polar surface area (TPSA) is 78.6 Å². The van der Waals surface area contributed by atoms with E-state index in [1.165, 1.54) is 0 Å². The molecule has 1 atom stereocenters. The van der Waals surface area contributed by atoms with Gasteiger partial charge in [-0.3, -0.25) is 15.3 Å². The molecule has 0 rings (SSSR count). The fourth-order valence-corrected chi connectivity index (χ4v) is 1.83. The van der Waals surface area contributed by atoms with Crippen LogP contribution in [0.3, 0.4) is 0 Å². The Hall–Kier alpha value is -0.240. The standard InChI is InChI=1S/C13H25NO4S2/c1-12(2,10(15)4-8-19)17-7-6-13(3,14)18-11(16)5-9-20/h19-20H,4-9,14H2,1-3H3. The summed E-state index contributed by atoms with van der Waals surface area (Å²) in [6.07, 6.45) is 0.874. The van der Waals surface area contributed by atoms with Gasteiger partial charge in [-0.2, -0.15) is 25.3 Å². The molecule has 0 aliphatic rings. The van der Waals surface area contributed by atoms with Crippen LogP contribution in [0.4, 0.5) is 0 Å². The number of hydrogen-bond acceptors (Lipinski definition) is 7. The molecule has 0 spiro atoms. The van der Waals surface area contributed by atoms with Crippen molar-refractivity contribution in [3.8, 4) is 0 Å². The second kappa shape index (κ2) is 8.92.